The van der Waals surface area contributed by atoms with Crippen LogP contribution in [0.3, 0.4) is 0 Å². The highest BCUT2D eigenvalue weighted by molar-refractivity contribution is 7.99. The van der Waals surface area contributed by atoms with Crippen LogP contribution in [-0.4, -0.2) is 22.2 Å². The van der Waals surface area contributed by atoms with Gasteiger partial charge in [0.2, 0.25) is 0 Å². The van der Waals surface area contributed by atoms with E-state index in [4.69, 9.17) is 0 Å². The predicted octanol–water partition coefficient (Wildman–Crippen LogP) is 3.50. The summed E-state index contributed by atoms with van der Waals surface area (Å²) < 4.78 is 0. The summed E-state index contributed by atoms with van der Waals surface area (Å²) in [4.78, 5) is 15.8. The summed E-state index contributed by atoms with van der Waals surface area (Å²) >= 11 is 1.73. The van der Waals surface area contributed by atoms with Gasteiger partial charge >= 0.3 is 0 Å². The lowest BCUT2D eigenvalue weighted by Gasteiger charge is -2.06. The summed E-state index contributed by atoms with van der Waals surface area (Å²) in [6.07, 6.45) is 1.52. The van der Waals surface area contributed by atoms with Crippen molar-refractivity contribution in [1.29, 1.82) is 0 Å². The topological polar surface area (TPSA) is 68.1 Å². The minimum Gasteiger partial charge on any atom is -0.369 e. The smallest absolute Gasteiger partial charge is 0.277 e. The van der Waals surface area contributed by atoms with Crippen molar-refractivity contribution in [2.45, 2.75) is 11.8 Å². The Bertz CT molecular complexity index is 590. The molecule has 0 spiro atoms. The number of hydrogen-bond acceptors (Lipinski definition) is 5. The number of thioether (sulfide) groups is 1. The van der Waals surface area contributed by atoms with E-state index in [1.54, 1.807) is 18.7 Å². The van der Waals surface area contributed by atoms with E-state index in [-0.39, 0.29) is 10.6 Å². The zero-order valence-electron chi connectivity index (χ0n) is 11.1. The Morgan fingerprint density at radius 1 is 1.35 bits per heavy atom. The van der Waals surface area contributed by atoms with E-state index in [0.717, 1.165) is 5.75 Å². The van der Waals surface area contributed by atoms with Crippen molar-refractivity contribution in [3.8, 4) is 0 Å². The second kappa shape index (κ2) is 6.91. The van der Waals surface area contributed by atoms with E-state index >= 15 is 0 Å². The number of anilines is 1. The van der Waals surface area contributed by atoms with Gasteiger partial charge in [0.25, 0.3) is 5.69 Å². The van der Waals surface area contributed by atoms with Gasteiger partial charge in [0.1, 0.15) is 5.82 Å². The molecule has 6 heteroatoms. The maximum absolute atomic E-state index is 10.8. The largest absolute Gasteiger partial charge is 0.369 e. The Hall–Kier alpha value is -2.08. The second-order valence-corrected chi connectivity index (χ2v) is 5.37. The first-order valence-electron chi connectivity index (χ1n) is 6.19. The van der Waals surface area contributed by atoms with E-state index in [1.807, 2.05) is 18.2 Å². The van der Waals surface area contributed by atoms with Crippen molar-refractivity contribution in [3.05, 3.63) is 58.3 Å². The molecule has 0 radical (unpaired) electrons. The van der Waals surface area contributed by atoms with Gasteiger partial charge in [-0.1, -0.05) is 18.2 Å². The zero-order chi connectivity index (χ0) is 14.4. The van der Waals surface area contributed by atoms with Crippen LogP contribution in [0.4, 0.5) is 11.5 Å². The monoisotopic (exact) mass is 289 g/mol. The average molecular weight is 289 g/mol. The van der Waals surface area contributed by atoms with Gasteiger partial charge in [-0.3, -0.25) is 10.1 Å². The maximum Gasteiger partial charge on any atom is 0.277 e. The lowest BCUT2D eigenvalue weighted by Crippen LogP contribution is -2.06. The Kier molecular flexibility index (Phi) is 4.95. The molecule has 1 N–H and O–H groups in total. The van der Waals surface area contributed by atoms with E-state index < -0.39 is 0 Å². The van der Waals surface area contributed by atoms with Crippen molar-refractivity contribution in [2.24, 2.45) is 0 Å². The molecule has 0 atom stereocenters. The predicted molar refractivity (Wildman–Crippen MR) is 81.3 cm³/mol. The van der Waals surface area contributed by atoms with Gasteiger partial charge in [0, 0.05) is 29.0 Å². The van der Waals surface area contributed by atoms with Crippen LogP contribution in [-0.2, 0) is 0 Å². The summed E-state index contributed by atoms with van der Waals surface area (Å²) in [6, 6.07) is 11.6. The fourth-order valence-electron chi connectivity index (χ4n) is 1.67. The molecule has 0 fully saturated rings. The molecule has 0 aliphatic heterocycles. The van der Waals surface area contributed by atoms with Gasteiger partial charge in [-0.05, 0) is 19.1 Å². The van der Waals surface area contributed by atoms with E-state index in [9.17, 15) is 10.1 Å². The minimum absolute atomic E-state index is 0.0956. The first kappa shape index (κ1) is 14.3. The summed E-state index contributed by atoms with van der Waals surface area (Å²) in [6.45, 7) is 2.38. The number of rotatable bonds is 6. The van der Waals surface area contributed by atoms with Crippen molar-refractivity contribution in [1.82, 2.24) is 4.98 Å². The number of benzene rings is 1. The van der Waals surface area contributed by atoms with Crippen molar-refractivity contribution >= 4 is 23.3 Å². The quantitative estimate of drug-likeness (QED) is 0.381. The molecule has 0 aliphatic carbocycles. The van der Waals surface area contributed by atoms with Crippen LogP contribution in [0, 0.1) is 17.0 Å². The number of aromatic nitrogens is 1. The third kappa shape index (κ3) is 3.96. The Labute approximate surface area is 121 Å². The molecule has 0 aliphatic rings. The molecule has 0 saturated heterocycles. The number of pyridine rings is 1. The number of nitro groups is 1. The SMILES string of the molecule is Cc1cnc(NCCSc2ccccc2)cc1[N+](=O)[O-]. The Morgan fingerprint density at radius 3 is 2.80 bits per heavy atom. The van der Waals surface area contributed by atoms with Gasteiger partial charge in [0.05, 0.1) is 11.0 Å². The Balaban J connectivity index is 1.85. The molecule has 5 nitrogen and oxygen atoms in total. The summed E-state index contributed by atoms with van der Waals surface area (Å²) in [5, 5.41) is 13.9. The van der Waals surface area contributed by atoms with Gasteiger partial charge in [0.15, 0.2) is 0 Å². The van der Waals surface area contributed by atoms with Crippen LogP contribution in [0.1, 0.15) is 5.56 Å². The molecule has 2 aromatic rings. The van der Waals surface area contributed by atoms with Gasteiger partial charge < -0.3 is 5.32 Å². The minimum atomic E-state index is -0.388. The molecule has 0 amide bonds. The molecule has 0 saturated carbocycles. The highest BCUT2D eigenvalue weighted by Crippen LogP contribution is 2.20. The number of hydrogen-bond donors (Lipinski definition) is 1. The van der Waals surface area contributed by atoms with E-state index in [2.05, 4.69) is 22.4 Å². The zero-order valence-corrected chi connectivity index (χ0v) is 11.9. The van der Waals surface area contributed by atoms with Gasteiger partial charge in [-0.25, -0.2) is 4.98 Å². The van der Waals surface area contributed by atoms with E-state index in [1.165, 1.54) is 17.2 Å². The maximum atomic E-state index is 10.8. The highest BCUT2D eigenvalue weighted by atomic mass is 32.2. The first-order valence-corrected chi connectivity index (χ1v) is 7.18. The molecule has 20 heavy (non-hydrogen) atoms. The molecule has 2 rings (SSSR count). The molecular weight excluding hydrogens is 274 g/mol. The van der Waals surface area contributed by atoms with E-state index in [0.29, 0.717) is 17.9 Å². The molecule has 1 heterocycles. The van der Waals surface area contributed by atoms with Crippen LogP contribution >= 0.6 is 11.8 Å². The lowest BCUT2D eigenvalue weighted by atomic mass is 10.2. The lowest BCUT2D eigenvalue weighted by molar-refractivity contribution is -0.385. The highest BCUT2D eigenvalue weighted by Gasteiger charge is 2.11. The first-order chi connectivity index (χ1) is 9.66. The van der Waals surface area contributed by atoms with Gasteiger partial charge in [-0.15, -0.1) is 11.8 Å². The standard InChI is InChI=1S/C14H15N3O2S/c1-11-10-16-14(9-13(11)17(18)19)15-7-8-20-12-5-3-2-4-6-12/h2-6,9-10H,7-8H2,1H3,(H,15,16). The normalized spacial score (nSPS) is 10.2. The third-order valence-electron chi connectivity index (χ3n) is 2.69. The average Bonchev–Trinajstić information content (AvgIpc) is 2.46. The number of aryl methyl sites for hydroxylation is 1. The summed E-state index contributed by atoms with van der Waals surface area (Å²) in [5.41, 5.74) is 0.664. The van der Waals surface area contributed by atoms with Crippen LogP contribution in [0.5, 0.6) is 0 Å². The van der Waals surface area contributed by atoms with Crippen molar-refractivity contribution in [3.63, 3.8) is 0 Å². The molecule has 0 unspecified atom stereocenters. The number of nitrogens with one attached hydrogen (secondary N) is 1. The van der Waals surface area contributed by atoms with Crippen molar-refractivity contribution in [2.75, 3.05) is 17.6 Å². The number of nitrogens with zero attached hydrogens (tertiary/aromatic N) is 2. The molecule has 1 aromatic heterocycles. The van der Waals surface area contributed by atoms with Crippen molar-refractivity contribution < 1.29 is 4.92 Å². The fourth-order valence-corrected chi connectivity index (χ4v) is 2.46. The summed E-state index contributed by atoms with van der Waals surface area (Å²) in [7, 11) is 0. The van der Waals surface area contributed by atoms with Crippen LogP contribution < -0.4 is 5.32 Å². The van der Waals surface area contributed by atoms with Gasteiger partial charge in [-0.2, -0.15) is 0 Å². The molecule has 104 valence electrons. The van der Waals surface area contributed by atoms with Crippen LogP contribution in [0.15, 0.2) is 47.5 Å². The third-order valence-corrected chi connectivity index (χ3v) is 3.71. The molecule has 0 bridgehead atoms. The molecule has 1 aromatic carbocycles. The Morgan fingerprint density at radius 2 is 2.10 bits per heavy atom. The van der Waals surface area contributed by atoms with Crippen LogP contribution in [0.2, 0.25) is 0 Å². The molecular formula is C14H15N3O2S. The second-order valence-electron chi connectivity index (χ2n) is 4.20. The fraction of sp³-hybridized carbons (Fsp3) is 0.214. The van der Waals surface area contributed by atoms with Crippen LogP contribution in [0.25, 0.3) is 0 Å². The summed E-state index contributed by atoms with van der Waals surface area (Å²) in [5.74, 6) is 1.41.